The maximum atomic E-state index is 11.8. The molecule has 7 heteroatoms. The van der Waals surface area contributed by atoms with Crippen molar-refractivity contribution in [2.75, 3.05) is 10.2 Å². The van der Waals surface area contributed by atoms with Gasteiger partial charge < -0.3 is 14.8 Å². The minimum absolute atomic E-state index is 0. The number of nitrogens with zero attached hydrogens (tertiary/aromatic N) is 1. The van der Waals surface area contributed by atoms with Crippen LogP contribution in [0.3, 0.4) is 0 Å². The van der Waals surface area contributed by atoms with Gasteiger partial charge in [0, 0.05) is 6.54 Å². The molecule has 2 aromatic rings. The Bertz CT molecular complexity index is 985. The molecule has 0 spiro atoms. The summed E-state index contributed by atoms with van der Waals surface area (Å²) in [4.78, 5) is 2.06. The summed E-state index contributed by atoms with van der Waals surface area (Å²) in [6.45, 7) is 2.94. The van der Waals surface area contributed by atoms with Crippen molar-refractivity contribution in [2.45, 2.75) is 114 Å². The Morgan fingerprint density at radius 1 is 0.778 bits per heavy atom. The molecule has 3 rings (SSSR count). The van der Waals surface area contributed by atoms with Gasteiger partial charge in [0.05, 0.1) is 22.4 Å². The Labute approximate surface area is 241 Å². The van der Waals surface area contributed by atoms with Crippen molar-refractivity contribution < 1.29 is 42.5 Å². The molecule has 0 saturated carbocycles. The quantitative estimate of drug-likeness (QED) is 0.183. The molecule has 0 fully saturated rings. The number of unbranched alkanes of at least 4 members (excludes halogenated alkanes) is 12. The topological polar surface area (TPSA) is 72.5 Å². The average Bonchev–Trinajstić information content (AvgIpc) is 3.19. The standard InChI is InChI=1S/C29H44N2O3S.Na/c1-2-3-4-5-6-7-8-9-10-11-12-13-17-23-28-30-29-26(21-18-22-27(29)35(32,33)34)31(28)24-25-19-15-14-16-20-25;/h14-16,18-22,28,30H,2-13,17,23-24H2,1H3,(H,32,33,34);/q;+1/p-1. The van der Waals surface area contributed by atoms with Crippen LogP contribution in [0.4, 0.5) is 11.4 Å². The number of para-hydroxylation sites is 1. The molecule has 1 atom stereocenters. The molecule has 5 nitrogen and oxygen atoms in total. The average molecular weight is 523 g/mol. The first-order valence-corrected chi connectivity index (χ1v) is 15.1. The van der Waals surface area contributed by atoms with Crippen LogP contribution < -0.4 is 39.8 Å². The van der Waals surface area contributed by atoms with Crippen LogP contribution in [0.2, 0.25) is 0 Å². The number of anilines is 2. The molecule has 36 heavy (non-hydrogen) atoms. The van der Waals surface area contributed by atoms with Crippen LogP contribution in [0.25, 0.3) is 0 Å². The van der Waals surface area contributed by atoms with Gasteiger partial charge in [-0.2, -0.15) is 0 Å². The zero-order valence-electron chi connectivity index (χ0n) is 22.4. The van der Waals surface area contributed by atoms with Gasteiger partial charge in [0.25, 0.3) is 0 Å². The Morgan fingerprint density at radius 3 is 1.89 bits per heavy atom. The summed E-state index contributed by atoms with van der Waals surface area (Å²) in [6.07, 6.45) is 18.0. The van der Waals surface area contributed by atoms with E-state index < -0.39 is 10.1 Å². The van der Waals surface area contributed by atoms with E-state index in [1.807, 2.05) is 24.3 Å². The SMILES string of the molecule is CCCCCCCCCCCCCCCC1Nc2c(cccc2S(=O)(=O)[O-])N1Cc1ccccc1.[Na+]. The molecule has 0 aliphatic carbocycles. The predicted octanol–water partition coefficient (Wildman–Crippen LogP) is 4.83. The van der Waals surface area contributed by atoms with E-state index in [1.165, 1.54) is 83.1 Å². The van der Waals surface area contributed by atoms with Crippen molar-refractivity contribution >= 4 is 21.5 Å². The van der Waals surface area contributed by atoms with E-state index in [1.54, 1.807) is 6.07 Å². The van der Waals surface area contributed by atoms with Crippen LogP contribution in [0, 0.1) is 0 Å². The van der Waals surface area contributed by atoms with Gasteiger partial charge in [-0.1, -0.05) is 120 Å². The number of hydrogen-bond acceptors (Lipinski definition) is 5. The van der Waals surface area contributed by atoms with Gasteiger partial charge in [-0.15, -0.1) is 0 Å². The zero-order valence-corrected chi connectivity index (χ0v) is 25.2. The summed E-state index contributed by atoms with van der Waals surface area (Å²) in [7, 11) is -4.54. The number of fused-ring (bicyclic) bond motifs is 1. The molecule has 0 aromatic heterocycles. The van der Waals surface area contributed by atoms with Crippen molar-refractivity contribution in [2.24, 2.45) is 0 Å². The van der Waals surface area contributed by atoms with Crippen molar-refractivity contribution in [3.63, 3.8) is 0 Å². The summed E-state index contributed by atoms with van der Waals surface area (Å²) in [5, 5.41) is 3.37. The van der Waals surface area contributed by atoms with Gasteiger partial charge in [0.15, 0.2) is 0 Å². The predicted molar refractivity (Wildman–Crippen MR) is 145 cm³/mol. The van der Waals surface area contributed by atoms with Crippen LogP contribution in [-0.4, -0.2) is 19.1 Å². The van der Waals surface area contributed by atoms with E-state index in [4.69, 9.17) is 0 Å². The van der Waals surface area contributed by atoms with Crippen molar-refractivity contribution in [3.8, 4) is 0 Å². The van der Waals surface area contributed by atoms with Gasteiger partial charge in [0.2, 0.25) is 0 Å². The van der Waals surface area contributed by atoms with Gasteiger partial charge in [-0.3, -0.25) is 0 Å². The van der Waals surface area contributed by atoms with Crippen LogP contribution in [0.5, 0.6) is 0 Å². The van der Waals surface area contributed by atoms with Crippen LogP contribution in [0.15, 0.2) is 53.4 Å². The summed E-state index contributed by atoms with van der Waals surface area (Å²) >= 11 is 0. The largest absolute Gasteiger partial charge is 1.00 e. The third-order valence-corrected chi connectivity index (χ3v) is 7.93. The summed E-state index contributed by atoms with van der Waals surface area (Å²) in [5.74, 6) is 0. The molecule has 0 amide bonds. The second-order valence-corrected chi connectivity index (χ2v) is 11.3. The summed E-state index contributed by atoms with van der Waals surface area (Å²) < 4.78 is 35.5. The van der Waals surface area contributed by atoms with E-state index in [9.17, 15) is 13.0 Å². The van der Waals surface area contributed by atoms with E-state index in [2.05, 4.69) is 29.3 Å². The minimum Gasteiger partial charge on any atom is -0.744 e. The van der Waals surface area contributed by atoms with Crippen molar-refractivity contribution in [1.29, 1.82) is 0 Å². The molecule has 1 heterocycles. The molecule has 194 valence electrons. The monoisotopic (exact) mass is 522 g/mol. The molecular weight excluding hydrogens is 479 g/mol. The first kappa shape index (κ1) is 31.2. The molecule has 0 radical (unpaired) electrons. The van der Waals surface area contributed by atoms with Crippen molar-refractivity contribution in [3.05, 3.63) is 54.1 Å². The normalized spacial score (nSPS) is 14.8. The Balaban J connectivity index is 0.00000456. The van der Waals surface area contributed by atoms with E-state index >= 15 is 0 Å². The third kappa shape index (κ3) is 10.0. The smallest absolute Gasteiger partial charge is 0.744 e. The second kappa shape index (κ2) is 16.7. The van der Waals surface area contributed by atoms with Gasteiger partial charge in [-0.05, 0) is 30.5 Å². The maximum absolute atomic E-state index is 11.8. The number of nitrogens with one attached hydrogen (secondary N) is 1. The van der Waals surface area contributed by atoms with Crippen LogP contribution >= 0.6 is 0 Å². The first-order valence-electron chi connectivity index (χ1n) is 13.7. The summed E-state index contributed by atoms with van der Waals surface area (Å²) in [6, 6.07) is 15.2. The molecule has 0 bridgehead atoms. The van der Waals surface area contributed by atoms with Crippen molar-refractivity contribution in [1.82, 2.24) is 0 Å². The molecule has 1 N–H and O–H groups in total. The van der Waals surface area contributed by atoms with Gasteiger partial charge >= 0.3 is 29.6 Å². The first-order chi connectivity index (χ1) is 17.0. The molecule has 1 aliphatic rings. The molecule has 1 aliphatic heterocycles. The molecule has 0 saturated heterocycles. The Morgan fingerprint density at radius 2 is 1.33 bits per heavy atom. The fourth-order valence-corrected chi connectivity index (χ4v) is 5.74. The fraction of sp³-hybridized carbons (Fsp3) is 0.586. The number of hydrogen-bond donors (Lipinski definition) is 1. The maximum Gasteiger partial charge on any atom is 1.00 e. The number of benzene rings is 2. The van der Waals surface area contributed by atoms with Crippen LogP contribution in [-0.2, 0) is 16.7 Å². The Hall–Kier alpha value is -1.05. The zero-order chi connectivity index (χ0) is 24.9. The second-order valence-electron chi connectivity index (χ2n) is 9.91. The fourth-order valence-electron chi connectivity index (χ4n) is 5.08. The van der Waals surface area contributed by atoms with Gasteiger partial charge in [-0.25, -0.2) is 8.42 Å². The molecule has 1 unspecified atom stereocenters. The van der Waals surface area contributed by atoms with Crippen LogP contribution in [0.1, 0.15) is 102 Å². The Kier molecular flexibility index (Phi) is 14.5. The van der Waals surface area contributed by atoms with E-state index in [0.717, 1.165) is 24.1 Å². The molecule has 2 aromatic carbocycles. The molecular formula is C29H43N2NaO3S. The van der Waals surface area contributed by atoms with E-state index in [0.29, 0.717) is 12.2 Å². The van der Waals surface area contributed by atoms with Gasteiger partial charge in [0.1, 0.15) is 10.1 Å². The minimum atomic E-state index is -4.54. The third-order valence-electron chi connectivity index (χ3n) is 7.05. The van der Waals surface area contributed by atoms with E-state index in [-0.39, 0.29) is 40.6 Å². The summed E-state index contributed by atoms with van der Waals surface area (Å²) in [5.41, 5.74) is 2.41. The number of rotatable bonds is 17.